The number of carboxylic acid groups (broad SMARTS) is 1. The van der Waals surface area contributed by atoms with Gasteiger partial charge in [0.2, 0.25) is 0 Å². The van der Waals surface area contributed by atoms with E-state index in [1.807, 2.05) is 13.1 Å². The fourth-order valence-corrected chi connectivity index (χ4v) is 2.53. The van der Waals surface area contributed by atoms with Crippen LogP contribution in [0.1, 0.15) is 31.1 Å². The van der Waals surface area contributed by atoms with Crippen LogP contribution in [0.25, 0.3) is 0 Å². The zero-order valence-corrected chi connectivity index (χ0v) is 14.8. The van der Waals surface area contributed by atoms with Crippen molar-refractivity contribution in [1.82, 2.24) is 5.32 Å². The SMILES string of the molecule is CC(C)(C)[Si](C)(C)OC[C@H](NC(=O)c1ccccc1)C(=O)O. The highest BCUT2D eigenvalue weighted by molar-refractivity contribution is 6.74. The maximum atomic E-state index is 12.1. The molecule has 0 spiro atoms. The molecular formula is C16H25NO4Si. The van der Waals surface area contributed by atoms with Gasteiger partial charge in [0.25, 0.3) is 5.91 Å². The molecular weight excluding hydrogens is 298 g/mol. The highest BCUT2D eigenvalue weighted by Crippen LogP contribution is 2.36. The van der Waals surface area contributed by atoms with Gasteiger partial charge >= 0.3 is 5.97 Å². The number of amides is 1. The van der Waals surface area contributed by atoms with Gasteiger partial charge in [-0.05, 0) is 30.3 Å². The average molecular weight is 323 g/mol. The molecule has 0 unspecified atom stereocenters. The van der Waals surface area contributed by atoms with E-state index in [1.54, 1.807) is 30.3 Å². The molecule has 6 heteroatoms. The fraction of sp³-hybridized carbons (Fsp3) is 0.500. The van der Waals surface area contributed by atoms with Crippen LogP contribution >= 0.6 is 0 Å². The zero-order chi connectivity index (χ0) is 17.0. The number of nitrogens with one attached hydrogen (secondary N) is 1. The fourth-order valence-electron chi connectivity index (χ4n) is 1.51. The molecule has 5 nitrogen and oxygen atoms in total. The lowest BCUT2D eigenvalue weighted by atomic mass is 10.2. The molecule has 0 aliphatic heterocycles. The molecule has 122 valence electrons. The Kier molecular flexibility index (Phi) is 5.90. The lowest BCUT2D eigenvalue weighted by Crippen LogP contribution is -2.49. The molecule has 0 saturated carbocycles. The van der Waals surface area contributed by atoms with E-state index >= 15 is 0 Å². The Morgan fingerprint density at radius 1 is 1.23 bits per heavy atom. The van der Waals surface area contributed by atoms with E-state index in [2.05, 4.69) is 26.1 Å². The first-order valence-electron chi connectivity index (χ1n) is 7.27. The van der Waals surface area contributed by atoms with E-state index in [4.69, 9.17) is 4.43 Å². The topological polar surface area (TPSA) is 75.6 Å². The van der Waals surface area contributed by atoms with E-state index in [1.165, 1.54) is 0 Å². The summed E-state index contributed by atoms with van der Waals surface area (Å²) in [6.45, 7) is 10.3. The van der Waals surface area contributed by atoms with Crippen LogP contribution in [0.2, 0.25) is 18.1 Å². The predicted molar refractivity (Wildman–Crippen MR) is 88.5 cm³/mol. The molecule has 0 aromatic heterocycles. The molecule has 1 amide bonds. The molecule has 1 rings (SSSR count). The summed E-state index contributed by atoms with van der Waals surface area (Å²) in [5, 5.41) is 11.8. The Hall–Kier alpha value is -1.66. The number of hydrogen-bond acceptors (Lipinski definition) is 3. The summed E-state index contributed by atoms with van der Waals surface area (Å²) in [7, 11) is -2.06. The molecule has 0 radical (unpaired) electrons. The number of carbonyl (C=O) groups excluding carboxylic acids is 1. The summed E-state index contributed by atoms with van der Waals surface area (Å²) in [5.41, 5.74) is 0.432. The summed E-state index contributed by atoms with van der Waals surface area (Å²) in [6, 6.07) is 7.49. The summed E-state index contributed by atoms with van der Waals surface area (Å²) >= 11 is 0. The van der Waals surface area contributed by atoms with E-state index in [0.717, 1.165) is 0 Å². The van der Waals surface area contributed by atoms with Crippen molar-refractivity contribution in [2.45, 2.75) is 44.9 Å². The lowest BCUT2D eigenvalue weighted by molar-refractivity contribution is -0.140. The van der Waals surface area contributed by atoms with E-state index in [0.29, 0.717) is 5.56 Å². The van der Waals surface area contributed by atoms with Crippen LogP contribution in [0.15, 0.2) is 30.3 Å². The second-order valence-corrected chi connectivity index (χ2v) is 11.6. The number of carbonyl (C=O) groups is 2. The van der Waals surface area contributed by atoms with Crippen molar-refractivity contribution in [2.24, 2.45) is 0 Å². The summed E-state index contributed by atoms with van der Waals surface area (Å²) in [6.07, 6.45) is 0. The van der Waals surface area contributed by atoms with Gasteiger partial charge in [-0.15, -0.1) is 0 Å². The van der Waals surface area contributed by atoms with Crippen molar-refractivity contribution in [3.63, 3.8) is 0 Å². The molecule has 0 bridgehead atoms. The van der Waals surface area contributed by atoms with Crippen molar-refractivity contribution in [3.8, 4) is 0 Å². The third-order valence-corrected chi connectivity index (χ3v) is 8.56. The zero-order valence-electron chi connectivity index (χ0n) is 13.8. The summed E-state index contributed by atoms with van der Waals surface area (Å²) < 4.78 is 5.90. The number of carboxylic acids is 1. The van der Waals surface area contributed by atoms with Crippen LogP contribution in [0.4, 0.5) is 0 Å². The van der Waals surface area contributed by atoms with Crippen LogP contribution in [0.3, 0.4) is 0 Å². The Balaban J connectivity index is 2.72. The molecule has 0 saturated heterocycles. The molecule has 0 aliphatic carbocycles. The van der Waals surface area contributed by atoms with Gasteiger partial charge in [0.1, 0.15) is 6.04 Å². The van der Waals surface area contributed by atoms with E-state index < -0.39 is 26.2 Å². The minimum Gasteiger partial charge on any atom is -0.480 e. The van der Waals surface area contributed by atoms with Gasteiger partial charge in [0, 0.05) is 5.56 Å². The van der Waals surface area contributed by atoms with Gasteiger partial charge in [-0.3, -0.25) is 4.79 Å². The van der Waals surface area contributed by atoms with Crippen molar-refractivity contribution < 1.29 is 19.1 Å². The summed E-state index contributed by atoms with van der Waals surface area (Å²) in [4.78, 5) is 23.4. The summed E-state index contributed by atoms with van der Waals surface area (Å²) in [5.74, 6) is -1.50. The Labute approximate surface area is 132 Å². The maximum absolute atomic E-state index is 12.1. The standard InChI is InChI=1S/C16H25NO4Si/c1-16(2,3)22(4,5)21-11-13(15(19)20)17-14(18)12-9-7-6-8-10-12/h6-10,13H,11H2,1-5H3,(H,17,18)(H,19,20)/t13-/m0/s1. The van der Waals surface area contributed by atoms with Gasteiger partial charge in [0.05, 0.1) is 6.61 Å². The van der Waals surface area contributed by atoms with Gasteiger partial charge < -0.3 is 14.8 Å². The monoisotopic (exact) mass is 323 g/mol. The first kappa shape index (κ1) is 18.4. The van der Waals surface area contributed by atoms with Crippen LogP contribution < -0.4 is 5.32 Å². The second kappa shape index (κ2) is 7.06. The molecule has 0 fully saturated rings. The van der Waals surface area contributed by atoms with Gasteiger partial charge in [-0.1, -0.05) is 39.0 Å². The van der Waals surface area contributed by atoms with Crippen molar-refractivity contribution in [1.29, 1.82) is 0 Å². The van der Waals surface area contributed by atoms with Crippen molar-refractivity contribution in [2.75, 3.05) is 6.61 Å². The number of benzene rings is 1. The van der Waals surface area contributed by atoms with Gasteiger partial charge in [-0.2, -0.15) is 0 Å². The highest BCUT2D eigenvalue weighted by Gasteiger charge is 2.38. The molecule has 1 aromatic rings. The lowest BCUT2D eigenvalue weighted by Gasteiger charge is -2.36. The quantitative estimate of drug-likeness (QED) is 0.789. The Morgan fingerprint density at radius 2 is 1.77 bits per heavy atom. The Bertz CT molecular complexity index is 523. The van der Waals surface area contributed by atoms with Crippen LogP contribution in [-0.4, -0.2) is 37.9 Å². The van der Waals surface area contributed by atoms with E-state index in [-0.39, 0.29) is 11.6 Å². The number of rotatable bonds is 6. The molecule has 1 aromatic carbocycles. The van der Waals surface area contributed by atoms with Gasteiger partial charge in [0.15, 0.2) is 8.32 Å². The minimum absolute atomic E-state index is 0.0144. The number of aliphatic carboxylic acids is 1. The maximum Gasteiger partial charge on any atom is 0.328 e. The van der Waals surface area contributed by atoms with Crippen LogP contribution in [-0.2, 0) is 9.22 Å². The highest BCUT2D eigenvalue weighted by atomic mass is 28.4. The molecule has 0 aliphatic rings. The molecule has 2 N–H and O–H groups in total. The van der Waals surface area contributed by atoms with Crippen LogP contribution in [0, 0.1) is 0 Å². The Morgan fingerprint density at radius 3 is 2.23 bits per heavy atom. The van der Waals surface area contributed by atoms with Crippen molar-refractivity contribution >= 4 is 20.2 Å². The number of hydrogen-bond donors (Lipinski definition) is 2. The van der Waals surface area contributed by atoms with Gasteiger partial charge in [-0.25, -0.2) is 4.79 Å². The molecule has 1 atom stereocenters. The predicted octanol–water partition coefficient (Wildman–Crippen LogP) is 2.89. The molecule has 0 heterocycles. The first-order chi connectivity index (χ1) is 10.0. The third kappa shape index (κ3) is 4.96. The normalized spacial score (nSPS) is 13.5. The molecule has 22 heavy (non-hydrogen) atoms. The van der Waals surface area contributed by atoms with Crippen molar-refractivity contribution in [3.05, 3.63) is 35.9 Å². The van der Waals surface area contributed by atoms with Crippen LogP contribution in [0.5, 0.6) is 0 Å². The second-order valence-electron chi connectivity index (χ2n) is 6.80. The smallest absolute Gasteiger partial charge is 0.328 e. The van der Waals surface area contributed by atoms with E-state index in [9.17, 15) is 14.7 Å². The largest absolute Gasteiger partial charge is 0.480 e. The average Bonchev–Trinajstić information content (AvgIpc) is 2.42. The first-order valence-corrected chi connectivity index (χ1v) is 10.2. The third-order valence-electron chi connectivity index (χ3n) is 4.06. The minimum atomic E-state index is -2.06.